The minimum absolute atomic E-state index is 0.167. The Balaban J connectivity index is 1.85. The van der Waals surface area contributed by atoms with Crippen LogP contribution in [0.15, 0.2) is 65.1 Å². The highest BCUT2D eigenvalue weighted by Crippen LogP contribution is 2.28. The molecular weight excluding hydrogens is 334 g/mol. The minimum Gasteiger partial charge on any atom is -0.497 e. The van der Waals surface area contributed by atoms with Crippen LogP contribution in [0.2, 0.25) is 0 Å². The summed E-state index contributed by atoms with van der Waals surface area (Å²) in [5.41, 5.74) is 3.21. The van der Waals surface area contributed by atoms with Crippen LogP contribution in [0.4, 0.5) is 0 Å². The highest BCUT2D eigenvalue weighted by Gasteiger charge is 2.34. The van der Waals surface area contributed by atoms with Gasteiger partial charge in [-0.25, -0.2) is 8.42 Å². The Morgan fingerprint density at radius 3 is 2.28 bits per heavy atom. The van der Waals surface area contributed by atoms with E-state index in [9.17, 15) is 8.42 Å². The zero-order valence-electron chi connectivity index (χ0n) is 14.8. The van der Waals surface area contributed by atoms with Gasteiger partial charge in [-0.1, -0.05) is 41.5 Å². The molecule has 0 spiro atoms. The fourth-order valence-electron chi connectivity index (χ4n) is 3.10. The van der Waals surface area contributed by atoms with E-state index in [2.05, 4.69) is 6.08 Å². The van der Waals surface area contributed by atoms with Gasteiger partial charge in [0.25, 0.3) is 0 Å². The van der Waals surface area contributed by atoms with Gasteiger partial charge in [-0.15, -0.1) is 0 Å². The first-order chi connectivity index (χ1) is 11.9. The molecule has 0 radical (unpaired) electrons. The molecule has 0 aliphatic carbocycles. The number of benzene rings is 2. The van der Waals surface area contributed by atoms with E-state index in [-0.39, 0.29) is 6.04 Å². The summed E-state index contributed by atoms with van der Waals surface area (Å²) in [6.07, 6.45) is 2.70. The maximum atomic E-state index is 13.1. The van der Waals surface area contributed by atoms with Crippen LogP contribution in [-0.4, -0.2) is 32.4 Å². The lowest BCUT2D eigenvalue weighted by atomic mass is 10.1. The predicted molar refractivity (Wildman–Crippen MR) is 99.3 cm³/mol. The number of hydrogen-bond acceptors (Lipinski definition) is 3. The lowest BCUT2D eigenvalue weighted by Crippen LogP contribution is -2.37. The van der Waals surface area contributed by atoms with Gasteiger partial charge in [0.15, 0.2) is 0 Å². The maximum Gasteiger partial charge on any atom is 0.243 e. The van der Waals surface area contributed by atoms with Crippen molar-refractivity contribution < 1.29 is 13.2 Å². The third kappa shape index (κ3) is 3.78. The summed E-state index contributed by atoms with van der Waals surface area (Å²) in [7, 11) is -1.88. The third-order valence-corrected chi connectivity index (χ3v) is 6.37. The van der Waals surface area contributed by atoms with Crippen molar-refractivity contribution in [3.05, 3.63) is 71.3 Å². The summed E-state index contributed by atoms with van der Waals surface area (Å²) >= 11 is 0. The van der Waals surface area contributed by atoms with Crippen molar-refractivity contribution in [1.29, 1.82) is 0 Å². The molecule has 1 heterocycles. The van der Waals surface area contributed by atoms with Crippen molar-refractivity contribution >= 4 is 10.0 Å². The van der Waals surface area contributed by atoms with Crippen LogP contribution in [-0.2, 0) is 16.4 Å². The molecule has 1 aliphatic heterocycles. The molecule has 2 aromatic rings. The van der Waals surface area contributed by atoms with Crippen LogP contribution in [0.3, 0.4) is 0 Å². The van der Waals surface area contributed by atoms with Gasteiger partial charge in [0.2, 0.25) is 10.0 Å². The molecule has 0 fully saturated rings. The molecule has 2 aromatic carbocycles. The second kappa shape index (κ2) is 7.02. The van der Waals surface area contributed by atoms with Crippen molar-refractivity contribution in [2.45, 2.75) is 31.2 Å². The van der Waals surface area contributed by atoms with E-state index in [4.69, 9.17) is 4.74 Å². The molecule has 0 amide bonds. The Hall–Kier alpha value is -2.11. The van der Waals surface area contributed by atoms with Crippen molar-refractivity contribution in [2.75, 3.05) is 13.7 Å². The Morgan fingerprint density at radius 2 is 1.68 bits per heavy atom. The van der Waals surface area contributed by atoms with Crippen LogP contribution in [0.5, 0.6) is 5.75 Å². The smallest absolute Gasteiger partial charge is 0.243 e. The number of hydrogen-bond donors (Lipinski definition) is 0. The summed E-state index contributed by atoms with van der Waals surface area (Å²) in [5.74, 6) is 0.797. The molecule has 0 unspecified atom stereocenters. The van der Waals surface area contributed by atoms with Gasteiger partial charge in [-0.3, -0.25) is 0 Å². The minimum atomic E-state index is -3.51. The Morgan fingerprint density at radius 1 is 1.04 bits per heavy atom. The van der Waals surface area contributed by atoms with Gasteiger partial charge in [-0.2, -0.15) is 4.31 Å². The van der Waals surface area contributed by atoms with Crippen LogP contribution < -0.4 is 4.74 Å². The molecule has 5 heteroatoms. The van der Waals surface area contributed by atoms with Gasteiger partial charge in [0, 0.05) is 12.6 Å². The van der Waals surface area contributed by atoms with E-state index < -0.39 is 10.0 Å². The van der Waals surface area contributed by atoms with Gasteiger partial charge in [0.05, 0.1) is 12.0 Å². The summed E-state index contributed by atoms with van der Waals surface area (Å²) < 4.78 is 32.9. The number of rotatable bonds is 5. The van der Waals surface area contributed by atoms with Crippen molar-refractivity contribution in [3.8, 4) is 5.75 Å². The number of nitrogens with zero attached hydrogens (tertiary/aromatic N) is 1. The fraction of sp³-hybridized carbons (Fsp3) is 0.300. The Labute approximate surface area is 149 Å². The molecule has 0 aromatic heterocycles. The van der Waals surface area contributed by atoms with Crippen LogP contribution in [0.25, 0.3) is 0 Å². The van der Waals surface area contributed by atoms with Gasteiger partial charge >= 0.3 is 0 Å². The van der Waals surface area contributed by atoms with E-state index in [0.29, 0.717) is 17.9 Å². The molecule has 0 bridgehead atoms. The molecule has 0 N–H and O–H groups in total. The first-order valence-corrected chi connectivity index (χ1v) is 9.73. The molecule has 0 saturated carbocycles. The van der Waals surface area contributed by atoms with Gasteiger partial charge in [0.1, 0.15) is 5.75 Å². The number of sulfonamides is 1. The molecule has 132 valence electrons. The highest BCUT2D eigenvalue weighted by molar-refractivity contribution is 7.89. The van der Waals surface area contributed by atoms with Crippen molar-refractivity contribution in [2.24, 2.45) is 0 Å². The zero-order valence-corrected chi connectivity index (χ0v) is 15.6. The van der Waals surface area contributed by atoms with E-state index in [1.165, 1.54) is 0 Å². The summed E-state index contributed by atoms with van der Waals surface area (Å²) in [5, 5.41) is 0. The second-order valence-electron chi connectivity index (χ2n) is 6.50. The first-order valence-electron chi connectivity index (χ1n) is 8.29. The average molecular weight is 357 g/mol. The largest absolute Gasteiger partial charge is 0.497 e. The monoisotopic (exact) mass is 357 g/mol. The normalized spacial score (nSPS) is 18.2. The molecule has 3 rings (SSSR count). The predicted octanol–water partition coefficient (Wildman–Crippen LogP) is 3.57. The molecule has 1 atom stereocenters. The number of methoxy groups -OCH3 is 1. The van der Waals surface area contributed by atoms with E-state index in [1.54, 1.807) is 23.5 Å². The molecule has 4 nitrogen and oxygen atoms in total. The lowest BCUT2D eigenvalue weighted by Gasteiger charge is -2.24. The van der Waals surface area contributed by atoms with Gasteiger partial charge in [-0.05, 0) is 50.1 Å². The summed E-state index contributed by atoms with van der Waals surface area (Å²) in [6.45, 7) is 4.37. The summed E-state index contributed by atoms with van der Waals surface area (Å²) in [6, 6.07) is 14.6. The third-order valence-electron chi connectivity index (χ3n) is 4.48. The van der Waals surface area contributed by atoms with E-state index in [0.717, 1.165) is 22.4 Å². The lowest BCUT2D eigenvalue weighted by molar-refractivity contribution is 0.404. The fourth-order valence-corrected chi connectivity index (χ4v) is 4.72. The number of aryl methyl sites for hydroxylation is 1. The second-order valence-corrected chi connectivity index (χ2v) is 8.39. The first kappa shape index (κ1) is 17.7. The van der Waals surface area contributed by atoms with E-state index in [1.807, 2.05) is 50.2 Å². The Kier molecular flexibility index (Phi) is 4.97. The molecule has 1 aliphatic rings. The SMILES string of the molecule is COc1ccc(C[C@@H]2C=C(C)CN2S(=O)(=O)c2ccc(C)cc2)cc1. The van der Waals surface area contributed by atoms with Crippen molar-refractivity contribution in [1.82, 2.24) is 4.31 Å². The zero-order chi connectivity index (χ0) is 18.0. The highest BCUT2D eigenvalue weighted by atomic mass is 32.2. The standard InChI is InChI=1S/C20H23NO3S/c1-15-4-10-20(11-5-15)25(22,23)21-14-16(2)12-18(21)13-17-6-8-19(24-3)9-7-17/h4-12,18H,13-14H2,1-3H3/t18-/m0/s1. The average Bonchev–Trinajstić information content (AvgIpc) is 2.97. The maximum absolute atomic E-state index is 13.1. The van der Waals surface area contributed by atoms with E-state index >= 15 is 0 Å². The quantitative estimate of drug-likeness (QED) is 0.769. The van der Waals surface area contributed by atoms with Crippen LogP contribution in [0, 0.1) is 6.92 Å². The topological polar surface area (TPSA) is 46.6 Å². The van der Waals surface area contributed by atoms with Crippen LogP contribution >= 0.6 is 0 Å². The van der Waals surface area contributed by atoms with Crippen molar-refractivity contribution in [3.63, 3.8) is 0 Å². The molecule has 0 saturated heterocycles. The molecule has 25 heavy (non-hydrogen) atoms. The number of ether oxygens (including phenoxy) is 1. The Bertz CT molecular complexity index is 868. The van der Waals surface area contributed by atoms with Gasteiger partial charge < -0.3 is 4.74 Å². The van der Waals surface area contributed by atoms with Crippen LogP contribution in [0.1, 0.15) is 18.1 Å². The summed E-state index contributed by atoms with van der Waals surface area (Å²) in [4.78, 5) is 0.348. The molecular formula is C20H23NO3S.